The summed E-state index contributed by atoms with van der Waals surface area (Å²) in [6, 6.07) is 0. The fraction of sp³-hybridized carbons (Fsp3) is 0.500. The van der Waals surface area contributed by atoms with Crippen LogP contribution >= 0.6 is 0 Å². The molecule has 0 unspecified atom stereocenters. The highest BCUT2D eigenvalue weighted by molar-refractivity contribution is 5.22. The van der Waals surface area contributed by atoms with Crippen LogP contribution in [0.4, 0.5) is 0 Å². The number of hydrogen-bond donors (Lipinski definition) is 0. The molecule has 0 saturated carbocycles. The molecule has 10 heavy (non-hydrogen) atoms. The van der Waals surface area contributed by atoms with E-state index < -0.39 is 0 Å². The lowest BCUT2D eigenvalue weighted by Gasteiger charge is -1.83. The van der Waals surface area contributed by atoms with Crippen molar-refractivity contribution in [3.63, 3.8) is 0 Å². The van der Waals surface area contributed by atoms with E-state index in [4.69, 9.17) is 9.47 Å². The third-order valence-electron chi connectivity index (χ3n) is 2.10. The van der Waals surface area contributed by atoms with Gasteiger partial charge in [-0.05, 0) is 0 Å². The second kappa shape index (κ2) is 1.52. The third-order valence-corrected chi connectivity index (χ3v) is 2.10. The van der Waals surface area contributed by atoms with E-state index in [0.717, 1.165) is 0 Å². The smallest absolute Gasteiger partial charge is 0.106 e. The molecular weight excluding hydrogens is 128 g/mol. The van der Waals surface area contributed by atoms with E-state index in [0.29, 0.717) is 24.4 Å². The van der Waals surface area contributed by atoms with E-state index in [1.54, 1.807) is 0 Å². The summed E-state index contributed by atoms with van der Waals surface area (Å²) in [4.78, 5) is 0. The molecule has 2 nitrogen and oxygen atoms in total. The normalized spacial score (nSPS) is 54.4. The van der Waals surface area contributed by atoms with Crippen LogP contribution in [0.5, 0.6) is 0 Å². The van der Waals surface area contributed by atoms with E-state index in [2.05, 4.69) is 24.3 Å². The lowest BCUT2D eigenvalue weighted by Crippen LogP contribution is -1.93. The lowest BCUT2D eigenvalue weighted by molar-refractivity contribution is 0.399. The third kappa shape index (κ3) is 0.662. The SMILES string of the molecule is C1=C[C@@H]2O[C@@H]2C=C[C@H]2O[C@@H]12. The highest BCUT2D eigenvalue weighted by Gasteiger charge is 2.41. The van der Waals surface area contributed by atoms with Crippen LogP contribution in [0.1, 0.15) is 0 Å². The zero-order valence-corrected chi connectivity index (χ0v) is 5.44. The van der Waals surface area contributed by atoms with Crippen molar-refractivity contribution in [2.75, 3.05) is 0 Å². The lowest BCUT2D eigenvalue weighted by atomic mass is 10.1. The molecule has 52 valence electrons. The van der Waals surface area contributed by atoms with E-state index in [-0.39, 0.29) is 0 Å². The van der Waals surface area contributed by atoms with Crippen molar-refractivity contribution >= 4 is 0 Å². The first kappa shape index (κ1) is 5.10. The molecule has 4 atom stereocenters. The van der Waals surface area contributed by atoms with Crippen LogP contribution in [0.15, 0.2) is 24.3 Å². The first-order chi connectivity index (χ1) is 4.93. The van der Waals surface area contributed by atoms with Crippen molar-refractivity contribution in [2.24, 2.45) is 0 Å². The Morgan fingerprint density at radius 1 is 0.600 bits per heavy atom. The maximum absolute atomic E-state index is 5.28. The second-order valence-electron chi connectivity index (χ2n) is 2.90. The molecule has 2 aliphatic heterocycles. The Morgan fingerprint density at radius 2 is 0.900 bits per heavy atom. The molecule has 0 N–H and O–H groups in total. The van der Waals surface area contributed by atoms with Gasteiger partial charge in [-0.1, -0.05) is 24.3 Å². The quantitative estimate of drug-likeness (QED) is 0.361. The van der Waals surface area contributed by atoms with Crippen molar-refractivity contribution in [3.05, 3.63) is 24.3 Å². The minimum Gasteiger partial charge on any atom is -0.361 e. The minimum absolute atomic E-state index is 0.349. The highest BCUT2D eigenvalue weighted by atomic mass is 16.6. The zero-order chi connectivity index (χ0) is 6.55. The fourth-order valence-corrected chi connectivity index (χ4v) is 1.33. The van der Waals surface area contributed by atoms with Crippen LogP contribution in [-0.2, 0) is 9.47 Å². The van der Waals surface area contributed by atoms with Gasteiger partial charge in [-0.25, -0.2) is 0 Å². The van der Waals surface area contributed by atoms with Crippen LogP contribution in [0, 0.1) is 0 Å². The molecule has 2 heterocycles. The molecule has 0 radical (unpaired) electrons. The van der Waals surface area contributed by atoms with E-state index in [1.807, 2.05) is 0 Å². The number of rotatable bonds is 0. The highest BCUT2D eigenvalue weighted by Crippen LogP contribution is 2.33. The summed E-state index contributed by atoms with van der Waals surface area (Å²) in [6.07, 6.45) is 9.78. The molecule has 3 rings (SSSR count). The maximum atomic E-state index is 5.28. The Bertz CT molecular complexity index is 175. The van der Waals surface area contributed by atoms with Gasteiger partial charge in [0.05, 0.1) is 0 Å². The van der Waals surface area contributed by atoms with Crippen LogP contribution < -0.4 is 0 Å². The van der Waals surface area contributed by atoms with Gasteiger partial charge in [0.1, 0.15) is 24.4 Å². The van der Waals surface area contributed by atoms with Gasteiger partial charge in [0, 0.05) is 0 Å². The predicted molar refractivity (Wildman–Crippen MR) is 35.6 cm³/mol. The summed E-state index contributed by atoms with van der Waals surface area (Å²) in [5.74, 6) is 0. The average Bonchev–Trinajstić information content (AvgIpc) is 2.70. The summed E-state index contributed by atoms with van der Waals surface area (Å²) in [7, 11) is 0. The molecule has 0 aromatic rings. The van der Waals surface area contributed by atoms with Crippen LogP contribution in [0.2, 0.25) is 0 Å². The number of epoxide rings is 2. The summed E-state index contributed by atoms with van der Waals surface area (Å²) < 4.78 is 10.6. The minimum atomic E-state index is 0.349. The van der Waals surface area contributed by atoms with Crippen molar-refractivity contribution in [3.8, 4) is 0 Å². The Labute approximate surface area is 59.1 Å². The Balaban J connectivity index is 1.89. The Hall–Kier alpha value is -0.600. The van der Waals surface area contributed by atoms with Gasteiger partial charge in [-0.15, -0.1) is 0 Å². The first-order valence-corrected chi connectivity index (χ1v) is 3.61. The predicted octanol–water partition coefficient (Wildman–Crippen LogP) is 0.647. The van der Waals surface area contributed by atoms with Gasteiger partial charge < -0.3 is 9.47 Å². The van der Waals surface area contributed by atoms with E-state index >= 15 is 0 Å². The molecular formula is C8H8O2. The van der Waals surface area contributed by atoms with Gasteiger partial charge in [-0.3, -0.25) is 0 Å². The van der Waals surface area contributed by atoms with Crippen LogP contribution in [0.3, 0.4) is 0 Å². The van der Waals surface area contributed by atoms with Gasteiger partial charge in [0.25, 0.3) is 0 Å². The summed E-state index contributed by atoms with van der Waals surface area (Å²) in [6.45, 7) is 0. The van der Waals surface area contributed by atoms with Crippen molar-refractivity contribution in [2.45, 2.75) is 24.4 Å². The van der Waals surface area contributed by atoms with Crippen LogP contribution in [0.25, 0.3) is 0 Å². The molecule has 0 aromatic carbocycles. The summed E-state index contributed by atoms with van der Waals surface area (Å²) >= 11 is 0. The van der Waals surface area contributed by atoms with Crippen molar-refractivity contribution < 1.29 is 9.47 Å². The molecule has 2 fully saturated rings. The number of hydrogen-bond acceptors (Lipinski definition) is 2. The molecule has 0 aromatic heterocycles. The molecule has 2 saturated heterocycles. The Morgan fingerprint density at radius 3 is 1.20 bits per heavy atom. The summed E-state index contributed by atoms with van der Waals surface area (Å²) in [5, 5.41) is 0. The maximum Gasteiger partial charge on any atom is 0.106 e. The molecule has 0 amide bonds. The van der Waals surface area contributed by atoms with Gasteiger partial charge in [-0.2, -0.15) is 0 Å². The average molecular weight is 136 g/mol. The van der Waals surface area contributed by atoms with Crippen molar-refractivity contribution in [1.29, 1.82) is 0 Å². The fourth-order valence-electron chi connectivity index (χ4n) is 1.33. The van der Waals surface area contributed by atoms with Gasteiger partial charge in [0.2, 0.25) is 0 Å². The van der Waals surface area contributed by atoms with Gasteiger partial charge >= 0.3 is 0 Å². The summed E-state index contributed by atoms with van der Waals surface area (Å²) in [5.41, 5.74) is 0. The molecule has 1 aliphatic carbocycles. The monoisotopic (exact) mass is 136 g/mol. The molecule has 0 spiro atoms. The van der Waals surface area contributed by atoms with Gasteiger partial charge in [0.15, 0.2) is 0 Å². The van der Waals surface area contributed by atoms with E-state index in [9.17, 15) is 0 Å². The van der Waals surface area contributed by atoms with Crippen LogP contribution in [-0.4, -0.2) is 24.4 Å². The standard InChI is InChI=1S/C8H8O2/c1-2-6-8(10-6)4-3-7-5(1)9-7/h1-8H/t5-,6-,7+,8+. The second-order valence-corrected chi connectivity index (χ2v) is 2.90. The molecule has 2 heteroatoms. The topological polar surface area (TPSA) is 25.1 Å². The van der Waals surface area contributed by atoms with Crippen molar-refractivity contribution in [1.82, 2.24) is 0 Å². The largest absolute Gasteiger partial charge is 0.361 e. The number of ether oxygens (including phenoxy) is 2. The zero-order valence-electron chi connectivity index (χ0n) is 5.44. The first-order valence-electron chi connectivity index (χ1n) is 3.61. The van der Waals surface area contributed by atoms with E-state index in [1.165, 1.54) is 0 Å². The number of fused-ring (bicyclic) bond motifs is 2. The molecule has 0 bridgehead atoms. The molecule has 3 aliphatic rings. The Kier molecular flexibility index (Phi) is 0.775.